The van der Waals surface area contributed by atoms with Crippen LogP contribution in [0, 0.1) is 13.8 Å². The van der Waals surface area contributed by atoms with Crippen LogP contribution in [-0.4, -0.2) is 27.7 Å². The van der Waals surface area contributed by atoms with E-state index in [1.807, 2.05) is 45.2 Å². The number of fused-ring (bicyclic) bond motifs is 4. The highest BCUT2D eigenvalue weighted by atomic mass is 16.5. The summed E-state index contributed by atoms with van der Waals surface area (Å²) in [6.07, 6.45) is 1.57. The molecule has 0 radical (unpaired) electrons. The molecule has 2 heterocycles. The molecule has 2 aromatic carbocycles. The Labute approximate surface area is 144 Å². The summed E-state index contributed by atoms with van der Waals surface area (Å²) in [5.74, 6) is -0.230. The Hall–Kier alpha value is -3.08. The number of carbonyl (C=O) groups is 1. The van der Waals surface area contributed by atoms with Gasteiger partial charge in [0.1, 0.15) is 5.75 Å². The average molecular weight is 334 g/mol. The van der Waals surface area contributed by atoms with Gasteiger partial charge in [0.25, 0.3) is 0 Å². The maximum absolute atomic E-state index is 11.7. The Bertz CT molecular complexity index is 1190. The standard InChI is InChI=1S/C20H18N2O3/c1-10-13-7-8-21-18(20(23)24)16(13)11(2)17-14-9-12(25-4)5-6-15(14)22(3)19(10)17/h5-9H,1-4H3,(H,23,24). The molecule has 0 aliphatic rings. The van der Waals surface area contributed by atoms with Crippen LogP contribution in [0.25, 0.3) is 32.6 Å². The molecule has 5 nitrogen and oxygen atoms in total. The molecule has 5 heteroatoms. The highest BCUT2D eigenvalue weighted by Gasteiger charge is 2.21. The Morgan fingerprint density at radius 2 is 1.88 bits per heavy atom. The molecule has 126 valence electrons. The first-order valence-electron chi connectivity index (χ1n) is 8.03. The van der Waals surface area contributed by atoms with Crippen LogP contribution >= 0.6 is 0 Å². The van der Waals surface area contributed by atoms with Crippen molar-refractivity contribution in [2.45, 2.75) is 13.8 Å². The van der Waals surface area contributed by atoms with Gasteiger partial charge >= 0.3 is 5.97 Å². The maximum Gasteiger partial charge on any atom is 0.355 e. The lowest BCUT2D eigenvalue weighted by Gasteiger charge is -2.12. The molecule has 0 spiro atoms. The fourth-order valence-corrected chi connectivity index (χ4v) is 3.94. The van der Waals surface area contributed by atoms with Gasteiger partial charge in [0.15, 0.2) is 5.69 Å². The Kier molecular flexibility index (Phi) is 3.22. The molecule has 0 unspecified atom stereocenters. The van der Waals surface area contributed by atoms with Crippen LogP contribution in [-0.2, 0) is 7.05 Å². The van der Waals surface area contributed by atoms with Crippen LogP contribution in [0.1, 0.15) is 21.6 Å². The van der Waals surface area contributed by atoms with Gasteiger partial charge in [-0.05, 0) is 54.6 Å². The predicted octanol–water partition coefficient (Wildman–Crippen LogP) is 4.20. The summed E-state index contributed by atoms with van der Waals surface area (Å²) in [6, 6.07) is 7.87. The third-order valence-corrected chi connectivity index (χ3v) is 5.07. The molecule has 0 aliphatic carbocycles. The van der Waals surface area contributed by atoms with Crippen LogP contribution in [0.5, 0.6) is 5.75 Å². The largest absolute Gasteiger partial charge is 0.497 e. The van der Waals surface area contributed by atoms with E-state index < -0.39 is 5.97 Å². The topological polar surface area (TPSA) is 64.3 Å². The summed E-state index contributed by atoms with van der Waals surface area (Å²) in [6.45, 7) is 4.00. The lowest BCUT2D eigenvalue weighted by molar-refractivity contribution is 0.0693. The maximum atomic E-state index is 11.7. The van der Waals surface area contributed by atoms with Gasteiger partial charge in [-0.2, -0.15) is 0 Å². The van der Waals surface area contributed by atoms with E-state index >= 15 is 0 Å². The van der Waals surface area contributed by atoms with Crippen molar-refractivity contribution in [3.8, 4) is 5.75 Å². The van der Waals surface area contributed by atoms with Gasteiger partial charge in [0.2, 0.25) is 0 Å². The number of ether oxygens (including phenoxy) is 1. The van der Waals surface area contributed by atoms with E-state index in [9.17, 15) is 9.90 Å². The third-order valence-electron chi connectivity index (χ3n) is 5.07. The van der Waals surface area contributed by atoms with Crippen LogP contribution in [0.2, 0.25) is 0 Å². The summed E-state index contributed by atoms with van der Waals surface area (Å²) in [5.41, 5.74) is 4.27. The molecular formula is C20H18N2O3. The first-order chi connectivity index (χ1) is 12.0. The summed E-state index contributed by atoms with van der Waals surface area (Å²) < 4.78 is 7.54. The van der Waals surface area contributed by atoms with Crippen molar-refractivity contribution in [2.24, 2.45) is 7.05 Å². The van der Waals surface area contributed by atoms with Crippen molar-refractivity contribution in [1.29, 1.82) is 0 Å². The number of methoxy groups -OCH3 is 1. The molecule has 0 saturated carbocycles. The number of hydrogen-bond acceptors (Lipinski definition) is 3. The minimum absolute atomic E-state index is 0.0971. The van der Waals surface area contributed by atoms with Gasteiger partial charge in [-0.3, -0.25) is 0 Å². The predicted molar refractivity (Wildman–Crippen MR) is 98.7 cm³/mol. The van der Waals surface area contributed by atoms with Crippen molar-refractivity contribution < 1.29 is 14.6 Å². The molecule has 0 bridgehead atoms. The number of aryl methyl sites for hydroxylation is 3. The zero-order valence-electron chi connectivity index (χ0n) is 14.5. The van der Waals surface area contributed by atoms with Gasteiger partial charge in [-0.1, -0.05) is 0 Å². The van der Waals surface area contributed by atoms with E-state index in [1.165, 1.54) is 0 Å². The van der Waals surface area contributed by atoms with Crippen molar-refractivity contribution in [1.82, 2.24) is 9.55 Å². The van der Waals surface area contributed by atoms with E-state index in [2.05, 4.69) is 9.55 Å². The summed E-state index contributed by atoms with van der Waals surface area (Å²) in [5, 5.41) is 13.3. The Balaban J connectivity index is 2.34. The second-order valence-corrected chi connectivity index (χ2v) is 6.30. The highest BCUT2D eigenvalue weighted by molar-refractivity contribution is 6.19. The SMILES string of the molecule is COc1ccc2c(c1)c1c(C)c3c(C(=O)O)nccc3c(C)c1n2C. The molecule has 0 atom stereocenters. The molecule has 25 heavy (non-hydrogen) atoms. The lowest BCUT2D eigenvalue weighted by atomic mass is 9.95. The zero-order chi connectivity index (χ0) is 17.9. The fraction of sp³-hybridized carbons (Fsp3) is 0.200. The molecule has 1 N–H and O–H groups in total. The van der Waals surface area contributed by atoms with Crippen LogP contribution in [0.3, 0.4) is 0 Å². The number of benzene rings is 2. The number of rotatable bonds is 2. The monoisotopic (exact) mass is 334 g/mol. The lowest BCUT2D eigenvalue weighted by Crippen LogP contribution is -2.03. The van der Waals surface area contributed by atoms with E-state index in [1.54, 1.807) is 13.3 Å². The number of aromatic carboxylic acids is 1. The molecule has 4 aromatic rings. The molecule has 2 aromatic heterocycles. The van der Waals surface area contributed by atoms with Crippen molar-refractivity contribution in [2.75, 3.05) is 7.11 Å². The average Bonchev–Trinajstić information content (AvgIpc) is 2.91. The quantitative estimate of drug-likeness (QED) is 0.596. The van der Waals surface area contributed by atoms with Gasteiger partial charge < -0.3 is 14.4 Å². The van der Waals surface area contributed by atoms with Crippen molar-refractivity contribution in [3.63, 3.8) is 0 Å². The van der Waals surface area contributed by atoms with E-state index in [0.29, 0.717) is 5.39 Å². The number of carboxylic acids is 1. The van der Waals surface area contributed by atoms with E-state index in [4.69, 9.17) is 4.74 Å². The summed E-state index contributed by atoms with van der Waals surface area (Å²) >= 11 is 0. The fourth-order valence-electron chi connectivity index (χ4n) is 3.94. The summed E-state index contributed by atoms with van der Waals surface area (Å²) in [4.78, 5) is 15.8. The van der Waals surface area contributed by atoms with E-state index in [0.717, 1.165) is 44.1 Å². The van der Waals surface area contributed by atoms with Crippen LogP contribution in [0.15, 0.2) is 30.5 Å². The second kappa shape index (κ2) is 5.21. The third kappa shape index (κ3) is 1.95. The van der Waals surface area contributed by atoms with Gasteiger partial charge in [-0.25, -0.2) is 9.78 Å². The summed E-state index contributed by atoms with van der Waals surface area (Å²) in [7, 11) is 3.68. The number of nitrogens with zero attached hydrogens (tertiary/aromatic N) is 2. The van der Waals surface area contributed by atoms with Crippen molar-refractivity contribution in [3.05, 3.63) is 47.3 Å². The van der Waals surface area contributed by atoms with Crippen LogP contribution < -0.4 is 4.74 Å². The second-order valence-electron chi connectivity index (χ2n) is 6.30. The Morgan fingerprint density at radius 1 is 1.12 bits per heavy atom. The van der Waals surface area contributed by atoms with Crippen LogP contribution in [0.4, 0.5) is 0 Å². The van der Waals surface area contributed by atoms with Gasteiger partial charge in [0.05, 0.1) is 12.6 Å². The number of hydrogen-bond donors (Lipinski definition) is 1. The number of pyridine rings is 1. The molecule has 0 aliphatic heterocycles. The number of aromatic nitrogens is 2. The first kappa shape index (κ1) is 15.4. The molecule has 0 amide bonds. The smallest absolute Gasteiger partial charge is 0.355 e. The van der Waals surface area contributed by atoms with E-state index in [-0.39, 0.29) is 5.69 Å². The highest BCUT2D eigenvalue weighted by Crippen LogP contribution is 2.39. The van der Waals surface area contributed by atoms with Gasteiger partial charge in [-0.15, -0.1) is 0 Å². The minimum Gasteiger partial charge on any atom is -0.497 e. The number of carboxylic acid groups (broad SMARTS) is 1. The first-order valence-corrected chi connectivity index (χ1v) is 8.03. The van der Waals surface area contributed by atoms with Crippen molar-refractivity contribution >= 4 is 38.5 Å². The molecular weight excluding hydrogens is 316 g/mol. The minimum atomic E-state index is -1.01. The Morgan fingerprint density at radius 3 is 2.56 bits per heavy atom. The normalized spacial score (nSPS) is 11.5. The molecule has 4 rings (SSSR count). The zero-order valence-corrected chi connectivity index (χ0v) is 14.5. The molecule has 0 saturated heterocycles. The van der Waals surface area contributed by atoms with Gasteiger partial charge in [0, 0.05) is 34.9 Å². The molecule has 0 fully saturated rings.